The van der Waals surface area contributed by atoms with Crippen LogP contribution in [-0.2, 0) is 21.2 Å². The molecule has 0 aliphatic carbocycles. The first-order valence-corrected chi connectivity index (χ1v) is 13.0. The number of nitrogens with zero attached hydrogens (tertiary/aromatic N) is 1. The van der Waals surface area contributed by atoms with E-state index in [-0.39, 0.29) is 17.3 Å². The van der Waals surface area contributed by atoms with Crippen LogP contribution in [0.3, 0.4) is 0 Å². The molecule has 0 unspecified atom stereocenters. The molecule has 3 aromatic carbocycles. The zero-order valence-corrected chi connectivity index (χ0v) is 20.1. The van der Waals surface area contributed by atoms with E-state index in [0.29, 0.717) is 29.4 Å². The van der Waals surface area contributed by atoms with Gasteiger partial charge in [-0.3, -0.25) is 9.10 Å². The number of carbonyl (C=O) groups excluding carboxylic acids is 1. The lowest BCUT2D eigenvalue weighted by Crippen LogP contribution is -2.41. The van der Waals surface area contributed by atoms with Crippen LogP contribution >= 0.6 is 23.4 Å². The number of sulfonamides is 1. The zero-order chi connectivity index (χ0) is 23.0. The summed E-state index contributed by atoms with van der Waals surface area (Å²) < 4.78 is 28.0. The molecule has 168 valence electrons. The first-order valence-electron chi connectivity index (χ1n) is 10.2. The van der Waals surface area contributed by atoms with Crippen molar-refractivity contribution in [2.45, 2.75) is 23.1 Å². The lowest BCUT2D eigenvalue weighted by atomic mass is 10.1. The second-order valence-electron chi connectivity index (χ2n) is 6.96. The first-order chi connectivity index (χ1) is 15.4. The second-order valence-corrected chi connectivity index (χ2v) is 10.4. The molecular weight excluding hydrogens is 464 g/mol. The molecular formula is C24H25ClN2O3S2. The first kappa shape index (κ1) is 24.2. The fourth-order valence-corrected chi connectivity index (χ4v) is 5.52. The number of anilines is 1. The van der Waals surface area contributed by atoms with E-state index in [2.05, 4.69) is 5.32 Å². The maximum Gasteiger partial charge on any atom is 0.264 e. The third kappa shape index (κ3) is 6.28. The fourth-order valence-electron chi connectivity index (χ4n) is 3.15. The van der Waals surface area contributed by atoms with Crippen molar-refractivity contribution in [2.75, 3.05) is 23.1 Å². The second kappa shape index (κ2) is 11.4. The Balaban J connectivity index is 1.72. The number of para-hydroxylation sites is 1. The van der Waals surface area contributed by atoms with E-state index in [0.717, 1.165) is 10.5 Å². The van der Waals surface area contributed by atoms with Crippen LogP contribution in [0.15, 0.2) is 88.7 Å². The van der Waals surface area contributed by atoms with Gasteiger partial charge < -0.3 is 5.32 Å². The van der Waals surface area contributed by atoms with E-state index >= 15 is 0 Å². The maximum absolute atomic E-state index is 13.4. The topological polar surface area (TPSA) is 66.5 Å². The monoisotopic (exact) mass is 488 g/mol. The van der Waals surface area contributed by atoms with Crippen molar-refractivity contribution < 1.29 is 13.2 Å². The quantitative estimate of drug-likeness (QED) is 0.322. The lowest BCUT2D eigenvalue weighted by molar-refractivity contribution is -0.119. The molecule has 1 N–H and O–H groups in total. The van der Waals surface area contributed by atoms with Crippen LogP contribution in [0, 0.1) is 0 Å². The van der Waals surface area contributed by atoms with Gasteiger partial charge in [-0.25, -0.2) is 8.42 Å². The average Bonchev–Trinajstić information content (AvgIpc) is 2.82. The summed E-state index contributed by atoms with van der Waals surface area (Å²) in [4.78, 5) is 13.9. The summed E-state index contributed by atoms with van der Waals surface area (Å²) in [5.41, 5.74) is 1.38. The van der Waals surface area contributed by atoms with E-state index in [1.54, 1.807) is 42.1 Å². The Labute approximate surface area is 198 Å². The Hall–Kier alpha value is -2.48. The molecule has 1 amide bonds. The van der Waals surface area contributed by atoms with Crippen molar-refractivity contribution >= 4 is 45.0 Å². The van der Waals surface area contributed by atoms with Gasteiger partial charge in [-0.15, -0.1) is 11.8 Å². The molecule has 8 heteroatoms. The lowest BCUT2D eigenvalue weighted by Gasteiger charge is -2.26. The summed E-state index contributed by atoms with van der Waals surface area (Å²) in [7, 11) is -3.90. The smallest absolute Gasteiger partial charge is 0.264 e. The van der Waals surface area contributed by atoms with Crippen LogP contribution < -0.4 is 9.62 Å². The predicted molar refractivity (Wildman–Crippen MR) is 132 cm³/mol. The molecule has 0 spiro atoms. The van der Waals surface area contributed by atoms with Gasteiger partial charge >= 0.3 is 0 Å². The molecule has 0 saturated heterocycles. The van der Waals surface area contributed by atoms with Gasteiger partial charge in [0.05, 0.1) is 10.6 Å². The van der Waals surface area contributed by atoms with E-state index < -0.39 is 10.0 Å². The van der Waals surface area contributed by atoms with Gasteiger partial charge in [0.1, 0.15) is 6.54 Å². The van der Waals surface area contributed by atoms with Crippen molar-refractivity contribution in [3.8, 4) is 0 Å². The third-order valence-electron chi connectivity index (χ3n) is 4.77. The number of aryl methyl sites for hydroxylation is 1. The summed E-state index contributed by atoms with van der Waals surface area (Å²) in [6, 6.07) is 22.9. The number of hydrogen-bond acceptors (Lipinski definition) is 4. The summed E-state index contributed by atoms with van der Waals surface area (Å²) in [5, 5.41) is 3.51. The molecule has 5 nitrogen and oxygen atoms in total. The zero-order valence-electron chi connectivity index (χ0n) is 17.7. The molecule has 0 fully saturated rings. The number of hydrogen-bond donors (Lipinski definition) is 1. The van der Waals surface area contributed by atoms with Crippen molar-refractivity contribution in [1.29, 1.82) is 0 Å². The predicted octanol–water partition coefficient (Wildman–Crippen LogP) is 5.01. The Bertz CT molecular complexity index is 1140. The average molecular weight is 489 g/mol. The number of thioether (sulfide) groups is 1. The molecule has 32 heavy (non-hydrogen) atoms. The van der Waals surface area contributed by atoms with Crippen LogP contribution in [0.4, 0.5) is 5.69 Å². The molecule has 0 radical (unpaired) electrons. The van der Waals surface area contributed by atoms with Crippen molar-refractivity contribution in [3.05, 3.63) is 89.4 Å². The van der Waals surface area contributed by atoms with Crippen LogP contribution in [-0.4, -0.2) is 33.2 Å². The molecule has 0 heterocycles. The molecule has 3 aromatic rings. The van der Waals surface area contributed by atoms with Gasteiger partial charge in [-0.2, -0.15) is 0 Å². The SMILES string of the molecule is CCc1ccccc1N(CC(=O)NCCSc1ccc(Cl)cc1)S(=O)(=O)c1ccccc1. The van der Waals surface area contributed by atoms with E-state index in [9.17, 15) is 13.2 Å². The number of amides is 1. The van der Waals surface area contributed by atoms with E-state index in [1.165, 1.54) is 16.4 Å². The highest BCUT2D eigenvalue weighted by molar-refractivity contribution is 7.99. The molecule has 0 aliphatic heterocycles. The Morgan fingerprint density at radius 3 is 2.31 bits per heavy atom. The molecule has 0 atom stereocenters. The van der Waals surface area contributed by atoms with Crippen LogP contribution in [0.5, 0.6) is 0 Å². The normalized spacial score (nSPS) is 11.2. The van der Waals surface area contributed by atoms with Gasteiger partial charge in [0.2, 0.25) is 5.91 Å². The molecule has 0 saturated carbocycles. The van der Waals surface area contributed by atoms with Crippen LogP contribution in [0.2, 0.25) is 5.02 Å². The Morgan fingerprint density at radius 1 is 0.969 bits per heavy atom. The minimum atomic E-state index is -3.90. The minimum absolute atomic E-state index is 0.150. The van der Waals surface area contributed by atoms with E-state index in [1.807, 2.05) is 43.3 Å². The standard InChI is InChI=1S/C24H25ClN2O3S2/c1-2-19-8-6-7-11-23(19)27(32(29,30)22-9-4-3-5-10-22)18-24(28)26-16-17-31-21-14-12-20(25)13-15-21/h3-15H,2,16-18H2,1H3,(H,26,28). The molecule has 3 rings (SSSR count). The number of rotatable bonds is 10. The molecule has 0 aromatic heterocycles. The van der Waals surface area contributed by atoms with Gasteiger partial charge in [0.25, 0.3) is 10.0 Å². The van der Waals surface area contributed by atoms with Crippen molar-refractivity contribution in [3.63, 3.8) is 0 Å². The van der Waals surface area contributed by atoms with E-state index in [4.69, 9.17) is 11.6 Å². The summed E-state index contributed by atoms with van der Waals surface area (Å²) in [6.07, 6.45) is 0.649. The highest BCUT2D eigenvalue weighted by Crippen LogP contribution is 2.27. The number of nitrogens with one attached hydrogen (secondary N) is 1. The highest BCUT2D eigenvalue weighted by atomic mass is 35.5. The van der Waals surface area contributed by atoms with Gasteiger partial charge in [-0.05, 0) is 54.4 Å². The summed E-state index contributed by atoms with van der Waals surface area (Å²) in [6.45, 7) is 2.08. The largest absolute Gasteiger partial charge is 0.354 e. The van der Waals surface area contributed by atoms with Gasteiger partial charge in [0, 0.05) is 22.2 Å². The number of carbonyl (C=O) groups is 1. The van der Waals surface area contributed by atoms with Crippen LogP contribution in [0.25, 0.3) is 0 Å². The van der Waals surface area contributed by atoms with Crippen molar-refractivity contribution in [1.82, 2.24) is 5.32 Å². The fraction of sp³-hybridized carbons (Fsp3) is 0.208. The number of benzene rings is 3. The molecule has 0 bridgehead atoms. The summed E-state index contributed by atoms with van der Waals surface area (Å²) in [5.74, 6) is 0.303. The summed E-state index contributed by atoms with van der Waals surface area (Å²) >= 11 is 7.49. The van der Waals surface area contributed by atoms with Gasteiger partial charge in [0.15, 0.2) is 0 Å². The Kier molecular flexibility index (Phi) is 8.61. The molecule has 0 aliphatic rings. The van der Waals surface area contributed by atoms with Crippen LogP contribution in [0.1, 0.15) is 12.5 Å². The number of halogens is 1. The Morgan fingerprint density at radius 2 is 1.62 bits per heavy atom. The third-order valence-corrected chi connectivity index (χ3v) is 7.81. The van der Waals surface area contributed by atoms with Gasteiger partial charge in [-0.1, -0.05) is 54.9 Å². The minimum Gasteiger partial charge on any atom is -0.354 e. The highest BCUT2D eigenvalue weighted by Gasteiger charge is 2.28. The van der Waals surface area contributed by atoms with Crippen molar-refractivity contribution in [2.24, 2.45) is 0 Å². The maximum atomic E-state index is 13.4.